The maximum atomic E-state index is 12.4. The van der Waals surface area contributed by atoms with Crippen molar-refractivity contribution in [3.05, 3.63) is 72.3 Å². The topological polar surface area (TPSA) is 42.4 Å². The lowest BCUT2D eigenvalue weighted by molar-refractivity contribution is -0.130. The third-order valence-corrected chi connectivity index (χ3v) is 4.83. The molecule has 2 heterocycles. The number of hydrogen-bond acceptors (Lipinski definition) is 3. The molecule has 132 valence electrons. The molecule has 1 aliphatic heterocycles. The highest BCUT2D eigenvalue weighted by Gasteiger charge is 2.27. The van der Waals surface area contributed by atoms with Gasteiger partial charge in [0.25, 0.3) is 0 Å². The Balaban J connectivity index is 1.32. The van der Waals surface area contributed by atoms with Gasteiger partial charge >= 0.3 is 0 Å². The number of nitrogens with zero attached hydrogens (tertiary/aromatic N) is 2. The fraction of sp³-hybridized carbons (Fsp3) is 0.273. The maximum absolute atomic E-state index is 12.4. The largest absolute Gasteiger partial charge is 0.472 e. The molecule has 0 saturated carbocycles. The Morgan fingerprint density at radius 2 is 1.85 bits per heavy atom. The molecule has 1 saturated heterocycles. The predicted molar refractivity (Wildman–Crippen MR) is 102 cm³/mol. The number of aryl methyl sites for hydroxylation is 1. The standard InChI is InChI=1S/C22H22N2O2/c25-22(13-10-17-6-2-1-3-7-17)24-15-14-19(16-24)26-21-12-11-18-8-4-5-9-20(18)23-21/h1-9,11-12,19H,10,13-16H2/t19-/m0/s1. The third-order valence-electron chi connectivity index (χ3n) is 4.83. The first-order valence-electron chi connectivity index (χ1n) is 9.12. The number of carbonyl (C=O) groups is 1. The minimum absolute atomic E-state index is 0.0179. The summed E-state index contributed by atoms with van der Waals surface area (Å²) in [6, 6.07) is 22.1. The monoisotopic (exact) mass is 346 g/mol. The molecule has 3 aromatic rings. The number of carbonyl (C=O) groups excluding carboxylic acids is 1. The first-order chi connectivity index (χ1) is 12.8. The number of likely N-dealkylation sites (tertiary alicyclic amines) is 1. The number of aromatic nitrogens is 1. The van der Waals surface area contributed by atoms with Gasteiger partial charge in [-0.05, 0) is 24.1 Å². The Bertz CT molecular complexity index is 895. The quantitative estimate of drug-likeness (QED) is 0.705. The van der Waals surface area contributed by atoms with Crippen LogP contribution in [-0.2, 0) is 11.2 Å². The molecule has 1 aliphatic rings. The molecule has 0 unspecified atom stereocenters. The van der Waals surface area contributed by atoms with E-state index in [1.54, 1.807) is 0 Å². The zero-order valence-electron chi connectivity index (χ0n) is 14.7. The van der Waals surface area contributed by atoms with E-state index in [1.807, 2.05) is 59.5 Å². The van der Waals surface area contributed by atoms with E-state index in [0.29, 0.717) is 18.8 Å². The summed E-state index contributed by atoms with van der Waals surface area (Å²) in [6.45, 7) is 1.40. The number of benzene rings is 2. The van der Waals surface area contributed by atoms with E-state index in [1.165, 1.54) is 5.56 Å². The van der Waals surface area contributed by atoms with Gasteiger partial charge in [-0.2, -0.15) is 0 Å². The molecular formula is C22H22N2O2. The van der Waals surface area contributed by atoms with Crippen molar-refractivity contribution < 1.29 is 9.53 Å². The fourth-order valence-corrected chi connectivity index (χ4v) is 3.39. The van der Waals surface area contributed by atoms with Crippen molar-refractivity contribution in [3.63, 3.8) is 0 Å². The minimum Gasteiger partial charge on any atom is -0.472 e. The van der Waals surface area contributed by atoms with Crippen LogP contribution >= 0.6 is 0 Å². The second kappa shape index (κ2) is 7.56. The summed E-state index contributed by atoms with van der Waals surface area (Å²) in [4.78, 5) is 18.9. The molecule has 26 heavy (non-hydrogen) atoms. The van der Waals surface area contributed by atoms with Gasteiger partial charge in [0.2, 0.25) is 11.8 Å². The van der Waals surface area contributed by atoms with Gasteiger partial charge in [-0.3, -0.25) is 4.79 Å². The molecule has 0 spiro atoms. The number of hydrogen-bond donors (Lipinski definition) is 0. The first-order valence-corrected chi connectivity index (χ1v) is 9.12. The molecule has 1 atom stereocenters. The van der Waals surface area contributed by atoms with Gasteiger partial charge in [0.15, 0.2) is 0 Å². The van der Waals surface area contributed by atoms with E-state index in [-0.39, 0.29) is 12.0 Å². The number of amides is 1. The Morgan fingerprint density at radius 3 is 2.73 bits per heavy atom. The molecule has 2 aromatic carbocycles. The SMILES string of the molecule is O=C(CCc1ccccc1)N1CC[C@H](Oc2ccc3ccccc3n2)C1. The number of rotatable bonds is 5. The van der Waals surface area contributed by atoms with Crippen molar-refractivity contribution in [2.75, 3.05) is 13.1 Å². The Labute approximate surface area is 153 Å². The number of para-hydroxylation sites is 1. The van der Waals surface area contributed by atoms with Crippen molar-refractivity contribution in [2.24, 2.45) is 0 Å². The molecule has 0 radical (unpaired) electrons. The van der Waals surface area contributed by atoms with Crippen LogP contribution in [0, 0.1) is 0 Å². The van der Waals surface area contributed by atoms with Gasteiger partial charge in [0.1, 0.15) is 6.10 Å². The van der Waals surface area contributed by atoms with Crippen molar-refractivity contribution in [1.82, 2.24) is 9.88 Å². The number of fused-ring (bicyclic) bond motifs is 1. The van der Waals surface area contributed by atoms with Gasteiger partial charge in [0.05, 0.1) is 12.1 Å². The van der Waals surface area contributed by atoms with Crippen molar-refractivity contribution >= 4 is 16.8 Å². The lowest BCUT2D eigenvalue weighted by Crippen LogP contribution is -2.31. The summed E-state index contributed by atoms with van der Waals surface area (Å²) >= 11 is 0. The van der Waals surface area contributed by atoms with E-state index in [0.717, 1.165) is 30.3 Å². The van der Waals surface area contributed by atoms with E-state index < -0.39 is 0 Å². The average Bonchev–Trinajstić information content (AvgIpc) is 3.15. The summed E-state index contributed by atoms with van der Waals surface area (Å²) in [6.07, 6.45) is 2.20. The predicted octanol–water partition coefficient (Wildman–Crippen LogP) is 3.85. The summed E-state index contributed by atoms with van der Waals surface area (Å²) < 4.78 is 6.02. The second-order valence-electron chi connectivity index (χ2n) is 6.70. The van der Waals surface area contributed by atoms with Crippen LogP contribution in [0.2, 0.25) is 0 Å². The molecule has 4 heteroatoms. The second-order valence-corrected chi connectivity index (χ2v) is 6.70. The van der Waals surface area contributed by atoms with Crippen molar-refractivity contribution in [1.29, 1.82) is 0 Å². The maximum Gasteiger partial charge on any atom is 0.223 e. The van der Waals surface area contributed by atoms with Crippen LogP contribution in [0.5, 0.6) is 5.88 Å². The van der Waals surface area contributed by atoms with Crippen molar-refractivity contribution in [2.45, 2.75) is 25.4 Å². The zero-order chi connectivity index (χ0) is 17.8. The van der Waals surface area contributed by atoms with Gasteiger partial charge in [-0.1, -0.05) is 48.5 Å². The van der Waals surface area contributed by atoms with E-state index in [4.69, 9.17) is 4.74 Å². The molecule has 0 N–H and O–H groups in total. The smallest absolute Gasteiger partial charge is 0.223 e. The zero-order valence-corrected chi connectivity index (χ0v) is 14.7. The summed E-state index contributed by atoms with van der Waals surface area (Å²) in [7, 11) is 0. The molecule has 1 amide bonds. The Hall–Kier alpha value is -2.88. The van der Waals surface area contributed by atoms with Crippen molar-refractivity contribution in [3.8, 4) is 5.88 Å². The highest BCUT2D eigenvalue weighted by molar-refractivity contribution is 5.79. The van der Waals surface area contributed by atoms with Crippen LogP contribution < -0.4 is 4.74 Å². The number of ether oxygens (including phenoxy) is 1. The van der Waals surface area contributed by atoms with E-state index in [2.05, 4.69) is 17.1 Å². The summed E-state index contributed by atoms with van der Waals surface area (Å²) in [5, 5.41) is 1.10. The van der Waals surface area contributed by atoms with Gasteiger partial charge in [-0.25, -0.2) is 4.98 Å². The number of pyridine rings is 1. The lowest BCUT2D eigenvalue weighted by atomic mass is 10.1. The minimum atomic E-state index is 0.0179. The molecule has 4 rings (SSSR count). The fourth-order valence-electron chi connectivity index (χ4n) is 3.39. The highest BCUT2D eigenvalue weighted by Crippen LogP contribution is 2.21. The van der Waals surface area contributed by atoms with Crippen LogP contribution in [-0.4, -0.2) is 35.0 Å². The van der Waals surface area contributed by atoms with Crippen LogP contribution in [0.25, 0.3) is 10.9 Å². The summed E-state index contributed by atoms with van der Waals surface area (Å²) in [5.74, 6) is 0.832. The molecule has 4 nitrogen and oxygen atoms in total. The molecule has 1 fully saturated rings. The molecule has 1 aromatic heterocycles. The van der Waals surface area contributed by atoms with Gasteiger partial charge < -0.3 is 9.64 Å². The van der Waals surface area contributed by atoms with Crippen LogP contribution in [0.4, 0.5) is 0 Å². The van der Waals surface area contributed by atoms with Crippen LogP contribution in [0.3, 0.4) is 0 Å². The Morgan fingerprint density at radius 1 is 1.04 bits per heavy atom. The van der Waals surface area contributed by atoms with Gasteiger partial charge in [0, 0.05) is 30.8 Å². The molecule has 0 aliphatic carbocycles. The average molecular weight is 346 g/mol. The first kappa shape index (κ1) is 16.6. The van der Waals surface area contributed by atoms with Crippen LogP contribution in [0.15, 0.2) is 66.7 Å². The van der Waals surface area contributed by atoms with E-state index in [9.17, 15) is 4.79 Å². The Kier molecular flexibility index (Phi) is 4.82. The van der Waals surface area contributed by atoms with E-state index >= 15 is 0 Å². The molecular weight excluding hydrogens is 324 g/mol. The van der Waals surface area contributed by atoms with Gasteiger partial charge in [-0.15, -0.1) is 0 Å². The normalized spacial score (nSPS) is 16.8. The highest BCUT2D eigenvalue weighted by atomic mass is 16.5. The third kappa shape index (κ3) is 3.85. The lowest BCUT2D eigenvalue weighted by Gasteiger charge is -2.17. The molecule has 0 bridgehead atoms. The summed E-state index contributed by atoms with van der Waals surface area (Å²) in [5.41, 5.74) is 2.13. The van der Waals surface area contributed by atoms with Crippen LogP contribution in [0.1, 0.15) is 18.4 Å².